The van der Waals surface area contributed by atoms with Gasteiger partial charge in [-0.1, -0.05) is 29.8 Å². The molecule has 2 aromatic carbocycles. The number of likely N-dealkylation sites (tertiary alicyclic amines) is 2. The van der Waals surface area contributed by atoms with Crippen LogP contribution in [0.5, 0.6) is 0 Å². The Labute approximate surface area is 278 Å². The van der Waals surface area contributed by atoms with E-state index >= 15 is 4.39 Å². The highest BCUT2D eigenvalue weighted by Crippen LogP contribution is 2.40. The molecule has 1 aliphatic carbocycles. The SMILES string of the molecule is COC[C@@H]1CCCN1C(OC1CCC(C=O)CC1)(C(=O)Cc1cc(Cl)c(NC(=O)c2csc3ccccc23)cc1F)N1CCCC1. The Morgan fingerprint density at radius 2 is 1.85 bits per heavy atom. The number of rotatable bonds is 12. The van der Waals surface area contributed by atoms with E-state index in [-0.39, 0.29) is 52.4 Å². The van der Waals surface area contributed by atoms with E-state index in [0.717, 1.165) is 54.9 Å². The number of amides is 1. The van der Waals surface area contributed by atoms with Crippen molar-refractivity contribution in [3.63, 3.8) is 0 Å². The fourth-order valence-electron chi connectivity index (χ4n) is 7.37. The Bertz CT molecular complexity index is 1570. The van der Waals surface area contributed by atoms with E-state index in [2.05, 4.69) is 15.1 Å². The summed E-state index contributed by atoms with van der Waals surface area (Å²) in [4.78, 5) is 43.7. The molecule has 1 N–H and O–H groups in total. The van der Waals surface area contributed by atoms with Gasteiger partial charge in [0.1, 0.15) is 12.1 Å². The van der Waals surface area contributed by atoms with Crippen molar-refractivity contribution < 1.29 is 28.2 Å². The molecule has 0 radical (unpaired) electrons. The van der Waals surface area contributed by atoms with Crippen LogP contribution in [0.1, 0.15) is 67.3 Å². The lowest BCUT2D eigenvalue weighted by molar-refractivity contribution is -0.260. The minimum absolute atomic E-state index is 0.0125. The Hall–Kier alpha value is -2.73. The molecule has 1 unspecified atom stereocenters. The molecule has 6 rings (SSSR count). The lowest BCUT2D eigenvalue weighted by Gasteiger charge is -2.50. The summed E-state index contributed by atoms with van der Waals surface area (Å²) in [6.07, 6.45) is 7.03. The molecule has 246 valence electrons. The highest BCUT2D eigenvalue weighted by Gasteiger charge is 2.55. The number of nitrogens with one attached hydrogen (secondary N) is 1. The number of ketones is 1. The van der Waals surface area contributed by atoms with Gasteiger partial charge in [0.15, 0.2) is 5.78 Å². The third kappa shape index (κ3) is 6.66. The molecular formula is C35H41ClFN3O5S. The second-order valence-electron chi connectivity index (χ2n) is 12.7. The number of aldehydes is 1. The first kappa shape index (κ1) is 33.2. The molecule has 3 fully saturated rings. The molecule has 3 aromatic rings. The average Bonchev–Trinajstić information content (AvgIpc) is 3.85. The number of Topliss-reactive ketones (excluding diaryl/α,β-unsaturated/α-hetero) is 1. The van der Waals surface area contributed by atoms with Gasteiger partial charge in [0, 0.05) is 60.6 Å². The lowest BCUT2D eigenvalue weighted by atomic mass is 9.88. The van der Waals surface area contributed by atoms with Crippen molar-refractivity contribution >= 4 is 56.7 Å². The molecule has 2 atom stereocenters. The standard InChI is InChI=1S/C35H41ClFN3O5S/c1-44-21-25-7-6-16-40(25)35(39-14-4-5-15-39,45-26-12-10-23(20-41)11-13-26)33(42)18-24-17-29(36)31(19-30(24)37)38-34(43)28-22-46-32-9-3-2-8-27(28)32/h2-3,8-9,17,19-20,22-23,25-26H,4-7,10-16,18,21H2,1H3,(H,38,43)/t23?,25-,26?,35?/m0/s1. The smallest absolute Gasteiger partial charge is 0.257 e. The maximum Gasteiger partial charge on any atom is 0.257 e. The van der Waals surface area contributed by atoms with Crippen LogP contribution in [0.3, 0.4) is 0 Å². The van der Waals surface area contributed by atoms with Gasteiger partial charge in [-0.2, -0.15) is 0 Å². The van der Waals surface area contributed by atoms with Crippen LogP contribution < -0.4 is 5.32 Å². The number of benzene rings is 2. The van der Waals surface area contributed by atoms with Crippen molar-refractivity contribution in [3.05, 3.63) is 63.7 Å². The average molecular weight is 670 g/mol. The Kier molecular flexibility index (Phi) is 10.5. The summed E-state index contributed by atoms with van der Waals surface area (Å²) in [5.74, 6) is -2.63. The highest BCUT2D eigenvalue weighted by molar-refractivity contribution is 7.17. The zero-order chi connectivity index (χ0) is 32.3. The summed E-state index contributed by atoms with van der Waals surface area (Å²) < 4.78 is 29.4. The topological polar surface area (TPSA) is 88.2 Å². The van der Waals surface area contributed by atoms with Gasteiger partial charge < -0.3 is 19.6 Å². The summed E-state index contributed by atoms with van der Waals surface area (Å²) in [6, 6.07) is 10.2. The minimum Gasteiger partial charge on any atom is -0.383 e. The molecule has 3 heterocycles. The van der Waals surface area contributed by atoms with Crippen molar-refractivity contribution in [1.29, 1.82) is 0 Å². The minimum atomic E-state index is -1.39. The van der Waals surface area contributed by atoms with E-state index in [1.54, 1.807) is 12.5 Å². The predicted molar refractivity (Wildman–Crippen MR) is 178 cm³/mol. The lowest BCUT2D eigenvalue weighted by Crippen LogP contribution is -2.69. The summed E-state index contributed by atoms with van der Waals surface area (Å²) in [5, 5.41) is 5.50. The van der Waals surface area contributed by atoms with Crippen LogP contribution in [0.25, 0.3) is 10.1 Å². The van der Waals surface area contributed by atoms with Crippen molar-refractivity contribution in [2.45, 2.75) is 75.8 Å². The van der Waals surface area contributed by atoms with Gasteiger partial charge in [-0.25, -0.2) is 4.39 Å². The van der Waals surface area contributed by atoms with E-state index in [9.17, 15) is 14.4 Å². The molecule has 0 spiro atoms. The van der Waals surface area contributed by atoms with E-state index < -0.39 is 11.7 Å². The summed E-state index contributed by atoms with van der Waals surface area (Å²) >= 11 is 8.10. The number of anilines is 1. The van der Waals surface area contributed by atoms with E-state index in [1.807, 2.05) is 24.3 Å². The fraction of sp³-hybridized carbons (Fsp3) is 0.514. The normalized spacial score (nSPS) is 23.8. The number of hydrogen-bond acceptors (Lipinski definition) is 8. The van der Waals surface area contributed by atoms with Crippen LogP contribution in [-0.2, 0) is 25.5 Å². The largest absolute Gasteiger partial charge is 0.383 e. The van der Waals surface area contributed by atoms with Crippen molar-refractivity contribution in [3.8, 4) is 0 Å². The van der Waals surface area contributed by atoms with Gasteiger partial charge in [-0.3, -0.25) is 19.4 Å². The fourth-order valence-corrected chi connectivity index (χ4v) is 8.55. The third-order valence-corrected chi connectivity index (χ3v) is 11.0. The van der Waals surface area contributed by atoms with Crippen LogP contribution in [0.15, 0.2) is 41.8 Å². The van der Waals surface area contributed by atoms with Crippen molar-refractivity contribution in [1.82, 2.24) is 9.80 Å². The zero-order valence-corrected chi connectivity index (χ0v) is 27.7. The van der Waals surface area contributed by atoms with Gasteiger partial charge >= 0.3 is 0 Å². The number of fused-ring (bicyclic) bond motifs is 1. The van der Waals surface area contributed by atoms with Gasteiger partial charge in [0.2, 0.25) is 5.85 Å². The summed E-state index contributed by atoms with van der Waals surface area (Å²) in [5.41, 5.74) is 0.778. The first-order chi connectivity index (χ1) is 22.3. The van der Waals surface area contributed by atoms with Crippen LogP contribution in [0.2, 0.25) is 5.02 Å². The number of carbonyl (C=O) groups is 3. The first-order valence-corrected chi connectivity index (χ1v) is 17.5. The Morgan fingerprint density at radius 3 is 2.59 bits per heavy atom. The van der Waals surface area contributed by atoms with Gasteiger partial charge in [-0.15, -0.1) is 11.3 Å². The molecule has 1 amide bonds. The summed E-state index contributed by atoms with van der Waals surface area (Å²) in [6.45, 7) is 2.50. The maximum absolute atomic E-state index is 15.8. The molecule has 8 nitrogen and oxygen atoms in total. The molecule has 2 saturated heterocycles. The molecule has 2 aliphatic heterocycles. The Morgan fingerprint density at radius 1 is 1.09 bits per heavy atom. The van der Waals surface area contributed by atoms with Crippen LogP contribution in [-0.4, -0.2) is 79.1 Å². The molecule has 3 aliphatic rings. The van der Waals surface area contributed by atoms with Gasteiger partial charge in [-0.05, 0) is 75.1 Å². The number of hydrogen-bond donors (Lipinski definition) is 1. The highest BCUT2D eigenvalue weighted by atomic mass is 35.5. The van der Waals surface area contributed by atoms with Crippen molar-refractivity contribution in [2.75, 3.05) is 38.7 Å². The van der Waals surface area contributed by atoms with E-state index in [0.29, 0.717) is 44.6 Å². The van der Waals surface area contributed by atoms with Gasteiger partial charge in [0.25, 0.3) is 5.91 Å². The van der Waals surface area contributed by atoms with E-state index in [1.165, 1.54) is 23.5 Å². The number of halogens is 2. The predicted octanol–water partition coefficient (Wildman–Crippen LogP) is 6.69. The number of methoxy groups -OCH3 is 1. The quantitative estimate of drug-likeness (QED) is 0.215. The molecule has 0 bridgehead atoms. The molecule has 46 heavy (non-hydrogen) atoms. The monoisotopic (exact) mass is 669 g/mol. The van der Waals surface area contributed by atoms with E-state index in [4.69, 9.17) is 21.1 Å². The van der Waals surface area contributed by atoms with Crippen molar-refractivity contribution in [2.24, 2.45) is 5.92 Å². The van der Waals surface area contributed by atoms with Crippen LogP contribution in [0, 0.1) is 11.7 Å². The number of nitrogens with zero attached hydrogens (tertiary/aromatic N) is 2. The molecule has 1 aromatic heterocycles. The summed E-state index contributed by atoms with van der Waals surface area (Å²) in [7, 11) is 1.66. The number of carbonyl (C=O) groups excluding carboxylic acids is 3. The number of thiophene rings is 1. The molecule has 1 saturated carbocycles. The van der Waals surface area contributed by atoms with Crippen LogP contribution >= 0.6 is 22.9 Å². The maximum atomic E-state index is 15.8. The Balaban J connectivity index is 1.29. The van der Waals surface area contributed by atoms with Gasteiger partial charge in [0.05, 0.1) is 29.0 Å². The second-order valence-corrected chi connectivity index (χ2v) is 14.0. The first-order valence-electron chi connectivity index (χ1n) is 16.3. The van der Waals surface area contributed by atoms with Crippen LogP contribution in [0.4, 0.5) is 10.1 Å². The molecular weight excluding hydrogens is 629 g/mol. The number of ether oxygens (including phenoxy) is 2. The molecule has 11 heteroatoms. The zero-order valence-electron chi connectivity index (χ0n) is 26.1. The third-order valence-electron chi connectivity index (χ3n) is 9.73. The second kappa shape index (κ2) is 14.6.